The molecule has 16 heavy (non-hydrogen) atoms. The van der Waals surface area contributed by atoms with E-state index in [1.165, 1.54) is 0 Å². The molecular formula is C11H13BrN4. The molecule has 4 nitrogen and oxygen atoms in total. The molecule has 0 radical (unpaired) electrons. The van der Waals surface area contributed by atoms with Crippen molar-refractivity contribution in [3.05, 3.63) is 42.0 Å². The monoisotopic (exact) mass is 280 g/mol. The van der Waals surface area contributed by atoms with Gasteiger partial charge >= 0.3 is 0 Å². The minimum absolute atomic E-state index is 0.826. The van der Waals surface area contributed by atoms with Crippen molar-refractivity contribution in [2.45, 2.75) is 19.4 Å². The van der Waals surface area contributed by atoms with Crippen LogP contribution in [0.2, 0.25) is 0 Å². The first-order valence-electron chi connectivity index (χ1n) is 5.23. The standard InChI is InChI=1S/C11H13BrN4/c12-6-4-11-9-16(15-14-11)8-5-10-3-1-2-7-13-10/h1-3,7,9H,4-6,8H2. The lowest BCUT2D eigenvalue weighted by molar-refractivity contribution is 0.584. The molecule has 2 aromatic heterocycles. The Bertz CT molecular complexity index is 427. The topological polar surface area (TPSA) is 43.6 Å². The van der Waals surface area contributed by atoms with Crippen LogP contribution >= 0.6 is 15.9 Å². The van der Waals surface area contributed by atoms with Gasteiger partial charge in [0.2, 0.25) is 0 Å². The van der Waals surface area contributed by atoms with Crippen LogP contribution in [0.1, 0.15) is 11.4 Å². The average Bonchev–Trinajstić information content (AvgIpc) is 2.76. The van der Waals surface area contributed by atoms with Gasteiger partial charge in [-0.2, -0.15) is 0 Å². The SMILES string of the molecule is BrCCc1cn(CCc2ccccn2)nn1. The number of hydrogen-bond donors (Lipinski definition) is 0. The highest BCUT2D eigenvalue weighted by atomic mass is 79.9. The molecule has 0 bridgehead atoms. The van der Waals surface area contributed by atoms with E-state index in [1.54, 1.807) is 0 Å². The molecule has 0 aliphatic carbocycles. The Morgan fingerprint density at radius 2 is 2.12 bits per heavy atom. The minimum atomic E-state index is 0.826. The fraction of sp³-hybridized carbons (Fsp3) is 0.364. The number of pyridine rings is 1. The molecule has 0 fully saturated rings. The normalized spacial score (nSPS) is 10.6. The van der Waals surface area contributed by atoms with Gasteiger partial charge in [-0.05, 0) is 12.1 Å². The van der Waals surface area contributed by atoms with Crippen LogP contribution in [-0.4, -0.2) is 25.3 Å². The van der Waals surface area contributed by atoms with Crippen LogP contribution in [0.5, 0.6) is 0 Å². The molecule has 0 saturated heterocycles. The molecule has 0 saturated carbocycles. The molecule has 2 aromatic rings. The number of rotatable bonds is 5. The van der Waals surface area contributed by atoms with Crippen LogP contribution in [0, 0.1) is 0 Å². The van der Waals surface area contributed by atoms with Crippen molar-refractivity contribution in [2.75, 3.05) is 5.33 Å². The van der Waals surface area contributed by atoms with Crippen LogP contribution in [0.4, 0.5) is 0 Å². The zero-order chi connectivity index (χ0) is 11.2. The summed E-state index contributed by atoms with van der Waals surface area (Å²) in [6.07, 6.45) is 5.61. The van der Waals surface area contributed by atoms with Gasteiger partial charge in [-0.25, -0.2) is 0 Å². The summed E-state index contributed by atoms with van der Waals surface area (Å²) in [5.41, 5.74) is 2.11. The smallest absolute Gasteiger partial charge is 0.0835 e. The van der Waals surface area contributed by atoms with Gasteiger partial charge in [0, 0.05) is 42.8 Å². The molecule has 0 aromatic carbocycles. The third-order valence-electron chi connectivity index (χ3n) is 2.26. The van der Waals surface area contributed by atoms with Crippen LogP contribution in [0.15, 0.2) is 30.6 Å². The van der Waals surface area contributed by atoms with Crippen molar-refractivity contribution >= 4 is 15.9 Å². The number of alkyl halides is 1. The predicted molar refractivity (Wildman–Crippen MR) is 65.5 cm³/mol. The molecule has 0 N–H and O–H groups in total. The highest BCUT2D eigenvalue weighted by molar-refractivity contribution is 9.09. The Morgan fingerprint density at radius 1 is 1.19 bits per heavy atom. The predicted octanol–water partition coefficient (Wildman–Crippen LogP) is 1.85. The van der Waals surface area contributed by atoms with E-state index in [4.69, 9.17) is 0 Å². The summed E-state index contributed by atoms with van der Waals surface area (Å²) in [6, 6.07) is 5.95. The quantitative estimate of drug-likeness (QED) is 0.786. The molecule has 2 heterocycles. The maximum Gasteiger partial charge on any atom is 0.0835 e. The number of aryl methyl sites for hydroxylation is 3. The van der Waals surface area contributed by atoms with Gasteiger partial charge in [0.1, 0.15) is 0 Å². The van der Waals surface area contributed by atoms with E-state index in [2.05, 4.69) is 31.2 Å². The number of aromatic nitrogens is 4. The third kappa shape index (κ3) is 3.13. The van der Waals surface area contributed by atoms with E-state index in [0.29, 0.717) is 0 Å². The Hall–Kier alpha value is -1.23. The summed E-state index contributed by atoms with van der Waals surface area (Å²) in [5, 5.41) is 9.07. The second-order valence-electron chi connectivity index (χ2n) is 3.48. The molecule has 0 aliphatic rings. The maximum absolute atomic E-state index is 4.27. The van der Waals surface area contributed by atoms with Crippen LogP contribution in [0.25, 0.3) is 0 Å². The van der Waals surface area contributed by atoms with Crippen molar-refractivity contribution in [2.24, 2.45) is 0 Å². The molecule has 0 amide bonds. The largest absolute Gasteiger partial charge is 0.261 e. The third-order valence-corrected chi connectivity index (χ3v) is 2.66. The zero-order valence-electron chi connectivity index (χ0n) is 8.88. The lowest BCUT2D eigenvalue weighted by Crippen LogP contribution is -2.03. The molecular weight excluding hydrogens is 268 g/mol. The number of nitrogens with zero attached hydrogens (tertiary/aromatic N) is 4. The van der Waals surface area contributed by atoms with E-state index in [-0.39, 0.29) is 0 Å². The van der Waals surface area contributed by atoms with Crippen LogP contribution in [-0.2, 0) is 19.4 Å². The number of halogens is 1. The molecule has 2 rings (SSSR count). The summed E-state index contributed by atoms with van der Waals surface area (Å²) in [5.74, 6) is 0. The van der Waals surface area contributed by atoms with E-state index in [9.17, 15) is 0 Å². The van der Waals surface area contributed by atoms with Crippen molar-refractivity contribution in [3.8, 4) is 0 Å². The van der Waals surface area contributed by atoms with Crippen molar-refractivity contribution in [1.82, 2.24) is 20.0 Å². The summed E-state index contributed by atoms with van der Waals surface area (Å²) in [4.78, 5) is 4.27. The molecule has 84 valence electrons. The minimum Gasteiger partial charge on any atom is -0.261 e. The highest BCUT2D eigenvalue weighted by Crippen LogP contribution is 2.00. The second kappa shape index (κ2) is 5.75. The van der Waals surface area contributed by atoms with Gasteiger partial charge < -0.3 is 0 Å². The van der Waals surface area contributed by atoms with Gasteiger partial charge in [-0.1, -0.05) is 27.2 Å². The lowest BCUT2D eigenvalue weighted by atomic mass is 10.3. The molecule has 0 aliphatic heterocycles. The second-order valence-corrected chi connectivity index (χ2v) is 4.28. The first-order valence-corrected chi connectivity index (χ1v) is 6.35. The van der Waals surface area contributed by atoms with Crippen LogP contribution in [0.3, 0.4) is 0 Å². The molecule has 0 atom stereocenters. The van der Waals surface area contributed by atoms with Gasteiger partial charge in [0.05, 0.1) is 5.69 Å². The summed E-state index contributed by atoms with van der Waals surface area (Å²) in [6.45, 7) is 0.826. The average molecular weight is 281 g/mol. The fourth-order valence-electron chi connectivity index (χ4n) is 1.43. The van der Waals surface area contributed by atoms with Crippen molar-refractivity contribution < 1.29 is 0 Å². The van der Waals surface area contributed by atoms with Gasteiger partial charge in [-0.15, -0.1) is 5.10 Å². The van der Waals surface area contributed by atoms with Crippen molar-refractivity contribution in [1.29, 1.82) is 0 Å². The Balaban J connectivity index is 1.89. The van der Waals surface area contributed by atoms with E-state index >= 15 is 0 Å². The molecule has 0 unspecified atom stereocenters. The van der Waals surface area contributed by atoms with Crippen molar-refractivity contribution in [3.63, 3.8) is 0 Å². The fourth-order valence-corrected chi connectivity index (χ4v) is 1.84. The van der Waals surface area contributed by atoms with E-state index in [0.717, 1.165) is 36.1 Å². The Kier molecular flexibility index (Phi) is 4.04. The highest BCUT2D eigenvalue weighted by Gasteiger charge is 2.00. The maximum atomic E-state index is 4.27. The van der Waals surface area contributed by atoms with Gasteiger partial charge in [-0.3, -0.25) is 9.67 Å². The summed E-state index contributed by atoms with van der Waals surface area (Å²) < 4.78 is 1.87. The van der Waals surface area contributed by atoms with Gasteiger partial charge in [0.15, 0.2) is 0 Å². The Morgan fingerprint density at radius 3 is 2.88 bits per heavy atom. The van der Waals surface area contributed by atoms with E-state index < -0.39 is 0 Å². The first kappa shape index (κ1) is 11.3. The number of hydrogen-bond acceptors (Lipinski definition) is 3. The Labute approximate surface area is 103 Å². The van der Waals surface area contributed by atoms with Gasteiger partial charge in [0.25, 0.3) is 0 Å². The summed E-state index contributed by atoms with van der Waals surface area (Å²) in [7, 11) is 0. The first-order chi connectivity index (χ1) is 7.88. The molecule has 5 heteroatoms. The molecule has 0 spiro atoms. The summed E-state index contributed by atoms with van der Waals surface area (Å²) >= 11 is 3.38. The van der Waals surface area contributed by atoms with E-state index in [1.807, 2.05) is 35.3 Å². The van der Waals surface area contributed by atoms with Crippen LogP contribution < -0.4 is 0 Å². The zero-order valence-corrected chi connectivity index (χ0v) is 10.5. The lowest BCUT2D eigenvalue weighted by Gasteiger charge is -1.99.